The molecule has 0 radical (unpaired) electrons. The van der Waals surface area contributed by atoms with Gasteiger partial charge in [0, 0.05) is 4.88 Å². The van der Waals surface area contributed by atoms with Gasteiger partial charge < -0.3 is 5.32 Å². The molecule has 1 nitrogen and oxygen atoms in total. The minimum absolute atomic E-state index is 0.256. The number of benzene rings is 1. The maximum absolute atomic E-state index is 6.20. The number of hydrogen-bond donors (Lipinski definition) is 1. The fourth-order valence-corrected chi connectivity index (χ4v) is 3.32. The molecule has 0 spiro atoms. The van der Waals surface area contributed by atoms with Gasteiger partial charge in [-0.1, -0.05) is 17.7 Å². The number of nitrogens with one attached hydrogen (secondary N) is 1. The van der Waals surface area contributed by atoms with E-state index >= 15 is 0 Å². The zero-order valence-corrected chi connectivity index (χ0v) is 12.8. The Morgan fingerprint density at radius 2 is 2.06 bits per heavy atom. The molecule has 0 saturated carbocycles. The van der Waals surface area contributed by atoms with E-state index in [9.17, 15) is 0 Å². The summed E-state index contributed by atoms with van der Waals surface area (Å²) >= 11 is 11.4. The SMILES string of the molecule is Cc1ccc(NC(C)c2ccc(Br)s2)c(Cl)c1. The quantitative estimate of drug-likeness (QED) is 0.767. The number of aryl methyl sites for hydroxylation is 1. The van der Waals surface area contributed by atoms with Crippen molar-refractivity contribution >= 4 is 44.6 Å². The van der Waals surface area contributed by atoms with Gasteiger partial charge in [-0.2, -0.15) is 0 Å². The summed E-state index contributed by atoms with van der Waals surface area (Å²) in [6.07, 6.45) is 0. The number of hydrogen-bond acceptors (Lipinski definition) is 2. The van der Waals surface area contributed by atoms with Crippen LogP contribution in [0.1, 0.15) is 23.4 Å². The third kappa shape index (κ3) is 3.24. The molecule has 0 aliphatic heterocycles. The number of anilines is 1. The summed E-state index contributed by atoms with van der Waals surface area (Å²) in [4.78, 5) is 1.29. The molecule has 1 N–H and O–H groups in total. The van der Waals surface area contributed by atoms with Crippen molar-refractivity contribution in [2.24, 2.45) is 0 Å². The maximum atomic E-state index is 6.20. The minimum atomic E-state index is 0.256. The van der Waals surface area contributed by atoms with Gasteiger partial charge in [-0.05, 0) is 59.6 Å². The molecular weight excluding hydrogens is 318 g/mol. The average Bonchev–Trinajstić information content (AvgIpc) is 2.69. The Hall–Kier alpha value is -0.510. The van der Waals surface area contributed by atoms with E-state index in [1.807, 2.05) is 19.1 Å². The van der Waals surface area contributed by atoms with E-state index < -0.39 is 0 Å². The first kappa shape index (κ1) is 12.9. The third-order valence-corrected chi connectivity index (χ3v) is 4.64. The normalized spacial score (nSPS) is 12.5. The third-order valence-electron chi connectivity index (χ3n) is 2.52. The van der Waals surface area contributed by atoms with Gasteiger partial charge in [-0.25, -0.2) is 0 Å². The van der Waals surface area contributed by atoms with Crippen molar-refractivity contribution < 1.29 is 0 Å². The summed E-state index contributed by atoms with van der Waals surface area (Å²) in [5.41, 5.74) is 2.15. The highest BCUT2D eigenvalue weighted by Crippen LogP contribution is 2.31. The van der Waals surface area contributed by atoms with Gasteiger partial charge in [-0.3, -0.25) is 0 Å². The predicted molar refractivity (Wildman–Crippen MR) is 80.2 cm³/mol. The summed E-state index contributed by atoms with van der Waals surface area (Å²) in [6, 6.07) is 10.5. The van der Waals surface area contributed by atoms with Crippen LogP contribution in [0.3, 0.4) is 0 Å². The van der Waals surface area contributed by atoms with Crippen molar-refractivity contribution in [1.29, 1.82) is 0 Å². The molecule has 0 fully saturated rings. The van der Waals surface area contributed by atoms with Crippen molar-refractivity contribution in [1.82, 2.24) is 0 Å². The van der Waals surface area contributed by atoms with Gasteiger partial charge in [0.1, 0.15) is 0 Å². The Kier molecular flexibility index (Phi) is 4.13. The maximum Gasteiger partial charge on any atom is 0.0702 e. The topological polar surface area (TPSA) is 12.0 Å². The zero-order valence-electron chi connectivity index (χ0n) is 9.63. The van der Waals surface area contributed by atoms with Crippen molar-refractivity contribution in [3.8, 4) is 0 Å². The highest BCUT2D eigenvalue weighted by molar-refractivity contribution is 9.11. The summed E-state index contributed by atoms with van der Waals surface area (Å²) in [7, 11) is 0. The van der Waals surface area contributed by atoms with Crippen molar-refractivity contribution in [3.63, 3.8) is 0 Å². The van der Waals surface area contributed by atoms with Crippen LogP contribution in [0.2, 0.25) is 5.02 Å². The Morgan fingerprint density at radius 3 is 2.65 bits per heavy atom. The molecule has 0 amide bonds. The Labute approximate surface area is 119 Å². The van der Waals surface area contributed by atoms with Crippen molar-refractivity contribution in [3.05, 3.63) is 49.6 Å². The number of halogens is 2. The second-order valence-corrected chi connectivity index (χ2v) is 6.89. The molecule has 1 heterocycles. The smallest absolute Gasteiger partial charge is 0.0702 e. The largest absolute Gasteiger partial charge is 0.377 e. The molecule has 0 aliphatic carbocycles. The monoisotopic (exact) mass is 329 g/mol. The number of rotatable bonds is 3. The lowest BCUT2D eigenvalue weighted by Gasteiger charge is -2.15. The number of thiophene rings is 1. The lowest BCUT2D eigenvalue weighted by atomic mass is 10.2. The first-order valence-corrected chi connectivity index (χ1v) is 7.33. The second-order valence-electron chi connectivity index (χ2n) is 3.99. The molecule has 0 aliphatic rings. The molecule has 0 bridgehead atoms. The predicted octanol–water partition coefficient (Wildman–Crippen LogP) is 5.65. The summed E-state index contributed by atoms with van der Waals surface area (Å²) in [5, 5.41) is 4.20. The van der Waals surface area contributed by atoms with E-state index in [2.05, 4.69) is 46.4 Å². The molecule has 1 unspecified atom stereocenters. The van der Waals surface area contributed by atoms with Crippen LogP contribution < -0.4 is 5.32 Å². The van der Waals surface area contributed by atoms with Crippen LogP contribution in [0.5, 0.6) is 0 Å². The summed E-state index contributed by atoms with van der Waals surface area (Å²) < 4.78 is 1.15. The fourth-order valence-electron chi connectivity index (χ4n) is 1.60. The van der Waals surface area contributed by atoms with E-state index in [0.29, 0.717) is 0 Å². The van der Waals surface area contributed by atoms with Crippen LogP contribution in [-0.4, -0.2) is 0 Å². The molecule has 90 valence electrons. The highest BCUT2D eigenvalue weighted by atomic mass is 79.9. The molecule has 2 aromatic rings. The van der Waals surface area contributed by atoms with Crippen LogP contribution >= 0.6 is 38.9 Å². The van der Waals surface area contributed by atoms with Crippen LogP contribution in [0.25, 0.3) is 0 Å². The first-order chi connectivity index (χ1) is 8.06. The van der Waals surface area contributed by atoms with Gasteiger partial charge in [0.15, 0.2) is 0 Å². The van der Waals surface area contributed by atoms with E-state index in [1.165, 1.54) is 10.4 Å². The minimum Gasteiger partial charge on any atom is -0.377 e. The van der Waals surface area contributed by atoms with Crippen LogP contribution in [0, 0.1) is 6.92 Å². The highest BCUT2D eigenvalue weighted by Gasteiger charge is 2.09. The molecule has 0 saturated heterocycles. The Morgan fingerprint density at radius 1 is 1.29 bits per heavy atom. The van der Waals surface area contributed by atoms with Crippen LogP contribution in [0.15, 0.2) is 34.1 Å². The molecule has 1 aromatic heterocycles. The fraction of sp³-hybridized carbons (Fsp3) is 0.231. The summed E-state index contributed by atoms with van der Waals surface area (Å²) in [6.45, 7) is 4.17. The molecule has 1 atom stereocenters. The van der Waals surface area contributed by atoms with E-state index in [0.717, 1.165) is 14.5 Å². The standard InChI is InChI=1S/C13H13BrClNS/c1-8-3-4-11(10(15)7-8)16-9(2)12-5-6-13(14)17-12/h3-7,9,16H,1-2H3. The van der Waals surface area contributed by atoms with Gasteiger partial charge in [0.05, 0.1) is 20.5 Å². The molecular formula is C13H13BrClNS. The average molecular weight is 331 g/mol. The van der Waals surface area contributed by atoms with Crippen molar-refractivity contribution in [2.45, 2.75) is 19.9 Å². The first-order valence-electron chi connectivity index (χ1n) is 5.34. The second kappa shape index (κ2) is 5.42. The van der Waals surface area contributed by atoms with E-state index in [4.69, 9.17) is 11.6 Å². The molecule has 2 rings (SSSR count). The van der Waals surface area contributed by atoms with Crippen LogP contribution in [-0.2, 0) is 0 Å². The Bertz CT molecular complexity index is 524. The van der Waals surface area contributed by atoms with Gasteiger partial charge in [0.2, 0.25) is 0 Å². The molecule has 17 heavy (non-hydrogen) atoms. The van der Waals surface area contributed by atoms with Gasteiger partial charge >= 0.3 is 0 Å². The van der Waals surface area contributed by atoms with E-state index in [1.54, 1.807) is 11.3 Å². The zero-order chi connectivity index (χ0) is 12.4. The Balaban J connectivity index is 2.15. The lowest BCUT2D eigenvalue weighted by Crippen LogP contribution is -2.05. The van der Waals surface area contributed by atoms with E-state index in [-0.39, 0.29) is 6.04 Å². The van der Waals surface area contributed by atoms with Crippen molar-refractivity contribution in [2.75, 3.05) is 5.32 Å². The molecule has 4 heteroatoms. The van der Waals surface area contributed by atoms with Gasteiger partial charge in [-0.15, -0.1) is 11.3 Å². The molecule has 1 aromatic carbocycles. The van der Waals surface area contributed by atoms with Crippen LogP contribution in [0.4, 0.5) is 5.69 Å². The van der Waals surface area contributed by atoms with Gasteiger partial charge in [0.25, 0.3) is 0 Å². The lowest BCUT2D eigenvalue weighted by molar-refractivity contribution is 0.908. The summed E-state index contributed by atoms with van der Waals surface area (Å²) in [5.74, 6) is 0.